The molecule has 0 heterocycles. The summed E-state index contributed by atoms with van der Waals surface area (Å²) in [5.41, 5.74) is 4.13. The average molecular weight is 984 g/mol. The molecule has 3 aromatic carbocycles. The summed E-state index contributed by atoms with van der Waals surface area (Å²) in [7, 11) is -1.70. The molecule has 3 rings (SSSR count). The lowest BCUT2D eigenvalue weighted by molar-refractivity contribution is 0.388. The highest BCUT2D eigenvalue weighted by atomic mass is 31.2. The molecule has 0 N–H and O–H groups in total. The summed E-state index contributed by atoms with van der Waals surface area (Å²) in [5.74, 6) is 2.37. The van der Waals surface area contributed by atoms with Crippen molar-refractivity contribution in [3.63, 3.8) is 0 Å². The van der Waals surface area contributed by atoms with E-state index in [1.165, 1.54) is 286 Å². The van der Waals surface area contributed by atoms with Crippen LogP contribution in [0.4, 0.5) is 0 Å². The second-order valence-electron chi connectivity index (χ2n) is 21.5. The van der Waals surface area contributed by atoms with E-state index in [4.69, 9.17) is 13.6 Å². The van der Waals surface area contributed by atoms with Crippen molar-refractivity contribution >= 4 is 8.60 Å². The molecule has 3 aromatic rings. The summed E-state index contributed by atoms with van der Waals surface area (Å²) in [6, 6.07) is 25.9. The van der Waals surface area contributed by atoms with Crippen molar-refractivity contribution in [3.05, 3.63) is 89.5 Å². The van der Waals surface area contributed by atoms with Gasteiger partial charge in [-0.25, -0.2) is 0 Å². The molecule has 0 saturated carbocycles. The first-order valence-corrected chi connectivity index (χ1v) is 31.9. The molecule has 0 radical (unpaired) electrons. The Morgan fingerprint density at radius 2 is 0.371 bits per heavy atom. The second kappa shape index (κ2) is 46.3. The minimum atomic E-state index is -1.70. The zero-order chi connectivity index (χ0) is 49.5. The Morgan fingerprint density at radius 3 is 0.543 bits per heavy atom. The predicted molar refractivity (Wildman–Crippen MR) is 310 cm³/mol. The molecule has 0 unspecified atom stereocenters. The number of rotatable bonds is 51. The molecule has 0 aliphatic heterocycles. The van der Waals surface area contributed by atoms with Gasteiger partial charge in [0.25, 0.3) is 0 Å². The fourth-order valence-corrected chi connectivity index (χ4v) is 11.0. The summed E-state index contributed by atoms with van der Waals surface area (Å²) >= 11 is 0. The van der Waals surface area contributed by atoms with Crippen LogP contribution >= 0.6 is 8.60 Å². The molecule has 0 amide bonds. The first-order valence-electron chi connectivity index (χ1n) is 30.8. The van der Waals surface area contributed by atoms with Crippen LogP contribution in [0.5, 0.6) is 17.2 Å². The number of hydrogen-bond acceptors (Lipinski definition) is 3. The highest BCUT2D eigenvalue weighted by Crippen LogP contribution is 2.42. The highest BCUT2D eigenvalue weighted by molar-refractivity contribution is 7.43. The Hall–Kier alpha value is -2.51. The molecule has 0 aliphatic carbocycles. The van der Waals surface area contributed by atoms with Gasteiger partial charge in [-0.15, -0.1) is 0 Å². The lowest BCUT2D eigenvalue weighted by atomic mass is 10.0. The van der Waals surface area contributed by atoms with E-state index in [9.17, 15) is 0 Å². The minimum absolute atomic E-state index is 0.791. The largest absolute Gasteiger partial charge is 0.530 e. The first kappa shape index (κ1) is 61.8. The van der Waals surface area contributed by atoms with E-state index in [1.54, 1.807) is 0 Å². The van der Waals surface area contributed by atoms with Crippen molar-refractivity contribution in [3.8, 4) is 17.2 Å². The van der Waals surface area contributed by atoms with Crippen LogP contribution in [0.1, 0.15) is 307 Å². The van der Waals surface area contributed by atoms with Crippen LogP contribution in [-0.2, 0) is 19.3 Å². The van der Waals surface area contributed by atoms with Crippen LogP contribution in [-0.4, -0.2) is 0 Å². The lowest BCUT2D eigenvalue weighted by Gasteiger charge is -2.18. The highest BCUT2D eigenvalue weighted by Gasteiger charge is 2.20. The molecule has 0 aliphatic rings. The number of hydrogen-bond donors (Lipinski definition) is 0. The van der Waals surface area contributed by atoms with Gasteiger partial charge in [0.15, 0.2) is 0 Å². The molecule has 3 nitrogen and oxygen atoms in total. The predicted octanol–water partition coefficient (Wildman–Crippen LogP) is 23.5. The third kappa shape index (κ3) is 35.6. The summed E-state index contributed by atoms with van der Waals surface area (Å²) in [5, 5.41) is 0. The zero-order valence-corrected chi connectivity index (χ0v) is 47.3. The molecule has 70 heavy (non-hydrogen) atoms. The lowest BCUT2D eigenvalue weighted by Crippen LogP contribution is -2.03. The molecule has 0 bridgehead atoms. The summed E-state index contributed by atoms with van der Waals surface area (Å²) < 4.78 is 19.5. The summed E-state index contributed by atoms with van der Waals surface area (Å²) in [4.78, 5) is 0. The Labute approximate surface area is 436 Å². The molecule has 0 atom stereocenters. The van der Waals surface area contributed by atoms with Gasteiger partial charge in [0.05, 0.1) is 0 Å². The van der Waals surface area contributed by atoms with Crippen LogP contribution in [0.25, 0.3) is 0 Å². The Kier molecular flexibility index (Phi) is 40.9. The van der Waals surface area contributed by atoms with Crippen molar-refractivity contribution < 1.29 is 13.6 Å². The third-order valence-corrected chi connectivity index (χ3v) is 15.8. The molecule has 0 saturated heterocycles. The molecular weight excluding hydrogens is 872 g/mol. The van der Waals surface area contributed by atoms with Crippen molar-refractivity contribution in [2.75, 3.05) is 0 Å². The van der Waals surface area contributed by atoms with E-state index in [0.717, 1.165) is 36.5 Å². The van der Waals surface area contributed by atoms with Gasteiger partial charge in [-0.2, -0.15) is 0 Å². The van der Waals surface area contributed by atoms with Gasteiger partial charge in [0, 0.05) is 0 Å². The second-order valence-corrected chi connectivity index (χ2v) is 22.5. The third-order valence-electron chi connectivity index (χ3n) is 14.8. The summed E-state index contributed by atoms with van der Waals surface area (Å²) in [6.07, 6.45) is 61.9. The van der Waals surface area contributed by atoms with Crippen molar-refractivity contribution in [1.29, 1.82) is 0 Å². The molecule has 4 heteroatoms. The van der Waals surface area contributed by atoms with Gasteiger partial charge in [-0.05, 0) is 91.6 Å². The van der Waals surface area contributed by atoms with E-state index in [1.807, 2.05) is 0 Å². The van der Waals surface area contributed by atoms with Gasteiger partial charge in [0.1, 0.15) is 17.2 Å². The fourth-order valence-electron chi connectivity index (χ4n) is 10.0. The molecule has 0 spiro atoms. The fraction of sp³-hybridized carbons (Fsp3) is 0.727. The SMILES string of the molecule is CCCCCCCCCCCCCCCCc1ccc(OP(Oc2ccc(CCCCCCCCCCCCCCCC)cc2)Oc2ccc(CCCCCCCCCCCCCCCC)cc2)cc1. The molecule has 0 aromatic heterocycles. The van der Waals surface area contributed by atoms with Gasteiger partial charge in [-0.3, -0.25) is 0 Å². The Balaban J connectivity index is 1.38. The quantitative estimate of drug-likeness (QED) is 0.0417. The van der Waals surface area contributed by atoms with Crippen LogP contribution in [0.3, 0.4) is 0 Å². The van der Waals surface area contributed by atoms with Crippen molar-refractivity contribution in [2.45, 2.75) is 310 Å². The van der Waals surface area contributed by atoms with Crippen molar-refractivity contribution in [2.24, 2.45) is 0 Å². The van der Waals surface area contributed by atoms with Crippen LogP contribution in [0.2, 0.25) is 0 Å². The average Bonchev–Trinajstić information content (AvgIpc) is 3.38. The Bertz CT molecular complexity index is 1340. The summed E-state index contributed by atoms with van der Waals surface area (Å²) in [6.45, 7) is 6.91. The number of unbranched alkanes of at least 4 members (excludes halogenated alkanes) is 39. The standard InChI is InChI=1S/C66H111O3P/c1-4-7-10-13-16-19-22-25-28-31-34-37-40-43-46-61-49-55-64(56-50-61)67-70(68-65-57-51-62(52-58-65)47-44-41-38-35-32-29-26-23-20-17-14-11-8-5-2)69-66-59-53-63(54-60-66)48-45-42-39-36-33-30-27-24-21-18-15-12-9-6-3/h49-60H,4-48H2,1-3H3. The van der Waals surface area contributed by atoms with E-state index in [0.29, 0.717) is 0 Å². The maximum absolute atomic E-state index is 6.50. The smallest absolute Gasteiger partial charge is 0.409 e. The van der Waals surface area contributed by atoms with Gasteiger partial charge in [0.2, 0.25) is 0 Å². The van der Waals surface area contributed by atoms with E-state index >= 15 is 0 Å². The van der Waals surface area contributed by atoms with Crippen LogP contribution in [0.15, 0.2) is 72.8 Å². The van der Waals surface area contributed by atoms with E-state index in [-0.39, 0.29) is 0 Å². The van der Waals surface area contributed by atoms with Crippen LogP contribution < -0.4 is 13.6 Å². The molecule has 0 fully saturated rings. The molecule has 398 valence electrons. The monoisotopic (exact) mass is 983 g/mol. The van der Waals surface area contributed by atoms with E-state index in [2.05, 4.69) is 93.6 Å². The molecular formula is C66H111O3P. The number of aryl methyl sites for hydroxylation is 3. The maximum Gasteiger partial charge on any atom is 0.530 e. The normalized spacial score (nSPS) is 11.5. The first-order chi connectivity index (χ1) is 34.7. The van der Waals surface area contributed by atoms with Gasteiger partial charge >= 0.3 is 8.60 Å². The Morgan fingerprint density at radius 1 is 0.214 bits per heavy atom. The van der Waals surface area contributed by atoms with Crippen LogP contribution in [0, 0.1) is 0 Å². The van der Waals surface area contributed by atoms with Crippen molar-refractivity contribution in [1.82, 2.24) is 0 Å². The number of benzene rings is 3. The van der Waals surface area contributed by atoms with Gasteiger partial charge in [-0.1, -0.05) is 308 Å². The topological polar surface area (TPSA) is 27.7 Å². The maximum atomic E-state index is 6.50. The zero-order valence-electron chi connectivity index (χ0n) is 46.4. The minimum Gasteiger partial charge on any atom is -0.409 e. The van der Waals surface area contributed by atoms with Gasteiger partial charge < -0.3 is 13.6 Å². The van der Waals surface area contributed by atoms with E-state index < -0.39 is 8.60 Å².